The molecule has 0 heterocycles. The zero-order chi connectivity index (χ0) is 14.4. The van der Waals surface area contributed by atoms with Gasteiger partial charge in [0.25, 0.3) is 0 Å². The van der Waals surface area contributed by atoms with Crippen LogP contribution in [0.4, 0.5) is 0 Å². The van der Waals surface area contributed by atoms with Crippen molar-refractivity contribution in [1.29, 1.82) is 0 Å². The first-order chi connectivity index (χ1) is 9.24. The number of unbranched alkanes of at least 4 members (excludes halogenated alkanes) is 4. The van der Waals surface area contributed by atoms with E-state index in [9.17, 15) is 0 Å². The van der Waals surface area contributed by atoms with Crippen LogP contribution in [0, 0.1) is 5.41 Å². The van der Waals surface area contributed by atoms with Crippen LogP contribution in [-0.2, 0) is 4.89 Å². The van der Waals surface area contributed by atoms with Gasteiger partial charge in [-0.15, -0.1) is 0 Å². The number of rotatable bonds is 14. The van der Waals surface area contributed by atoms with Crippen LogP contribution in [0.1, 0.15) is 97.8 Å². The van der Waals surface area contributed by atoms with Crippen molar-refractivity contribution >= 4 is 0 Å². The van der Waals surface area contributed by atoms with Crippen molar-refractivity contribution in [3.05, 3.63) is 0 Å². The van der Waals surface area contributed by atoms with Crippen LogP contribution in [0.25, 0.3) is 0 Å². The van der Waals surface area contributed by atoms with Gasteiger partial charge in [-0.05, 0) is 37.5 Å². The molecule has 0 rings (SSSR count). The summed E-state index contributed by atoms with van der Waals surface area (Å²) in [6.45, 7) is 7.48. The molecule has 0 fully saturated rings. The molecule has 0 radical (unpaired) electrons. The molecule has 0 aromatic carbocycles. The molecule has 2 nitrogen and oxygen atoms in total. The monoisotopic (exact) mass is 272 g/mol. The Morgan fingerprint density at radius 2 is 1.16 bits per heavy atom. The maximum Gasteiger partial charge on any atom is 0.0819 e. The van der Waals surface area contributed by atoms with Crippen molar-refractivity contribution in [2.24, 2.45) is 5.41 Å². The molecular weight excluding hydrogens is 236 g/mol. The van der Waals surface area contributed by atoms with Gasteiger partial charge in [-0.3, -0.25) is 5.26 Å². The number of hydrogen-bond acceptors (Lipinski definition) is 2. The van der Waals surface area contributed by atoms with E-state index in [1.165, 1.54) is 70.6 Å². The molecule has 0 aromatic rings. The SMILES string of the molecule is CCCC(CCC)(CCC)CCCCCCCOO. The summed E-state index contributed by atoms with van der Waals surface area (Å²) in [7, 11) is 0. The molecule has 0 aliphatic heterocycles. The Labute approximate surface area is 120 Å². The molecule has 0 atom stereocenters. The van der Waals surface area contributed by atoms with Crippen LogP contribution in [0.2, 0.25) is 0 Å². The molecule has 0 aliphatic carbocycles. The van der Waals surface area contributed by atoms with Crippen molar-refractivity contribution < 1.29 is 10.1 Å². The first-order valence-electron chi connectivity index (χ1n) is 8.51. The molecule has 0 amide bonds. The van der Waals surface area contributed by atoms with Crippen LogP contribution in [-0.4, -0.2) is 11.9 Å². The van der Waals surface area contributed by atoms with Crippen molar-refractivity contribution in [3.8, 4) is 0 Å². The molecule has 0 aromatic heterocycles. The van der Waals surface area contributed by atoms with Gasteiger partial charge in [0.1, 0.15) is 0 Å². The lowest BCUT2D eigenvalue weighted by Gasteiger charge is -2.34. The molecular formula is C17H36O2. The van der Waals surface area contributed by atoms with E-state index in [2.05, 4.69) is 25.7 Å². The van der Waals surface area contributed by atoms with Crippen LogP contribution in [0.5, 0.6) is 0 Å². The van der Waals surface area contributed by atoms with E-state index in [0.717, 1.165) is 6.42 Å². The number of hydrogen-bond donors (Lipinski definition) is 1. The van der Waals surface area contributed by atoms with Gasteiger partial charge in [-0.1, -0.05) is 65.7 Å². The van der Waals surface area contributed by atoms with Crippen molar-refractivity contribution in [2.75, 3.05) is 6.61 Å². The standard InChI is InChI=1S/C17H36O2/c1-4-12-17(13-5-2,14-6-3)15-10-8-7-9-11-16-19-18/h18H,4-16H2,1-3H3. The van der Waals surface area contributed by atoms with E-state index < -0.39 is 0 Å². The van der Waals surface area contributed by atoms with Crippen LogP contribution in [0.15, 0.2) is 0 Å². The Bertz CT molecular complexity index is 163. The zero-order valence-electron chi connectivity index (χ0n) is 13.5. The molecule has 0 aliphatic rings. The van der Waals surface area contributed by atoms with E-state index in [1.54, 1.807) is 0 Å². The second-order valence-corrected chi connectivity index (χ2v) is 6.10. The quantitative estimate of drug-likeness (QED) is 0.231. The summed E-state index contributed by atoms with van der Waals surface area (Å²) in [6, 6.07) is 0. The Kier molecular flexibility index (Phi) is 12.9. The van der Waals surface area contributed by atoms with Crippen LogP contribution in [0.3, 0.4) is 0 Å². The molecule has 0 spiro atoms. The van der Waals surface area contributed by atoms with Crippen LogP contribution < -0.4 is 0 Å². The van der Waals surface area contributed by atoms with E-state index >= 15 is 0 Å². The molecule has 0 bridgehead atoms. The lowest BCUT2D eigenvalue weighted by Crippen LogP contribution is -2.20. The lowest BCUT2D eigenvalue weighted by atomic mass is 9.72. The van der Waals surface area contributed by atoms with E-state index in [4.69, 9.17) is 5.26 Å². The first-order valence-corrected chi connectivity index (χ1v) is 8.51. The zero-order valence-corrected chi connectivity index (χ0v) is 13.5. The third-order valence-electron chi connectivity index (χ3n) is 4.28. The smallest absolute Gasteiger partial charge is 0.0819 e. The summed E-state index contributed by atoms with van der Waals surface area (Å²) < 4.78 is 0. The minimum atomic E-state index is 0.492. The molecule has 19 heavy (non-hydrogen) atoms. The molecule has 116 valence electrons. The third kappa shape index (κ3) is 9.45. The van der Waals surface area contributed by atoms with Gasteiger partial charge in [-0.25, -0.2) is 4.89 Å². The second-order valence-electron chi connectivity index (χ2n) is 6.10. The van der Waals surface area contributed by atoms with Gasteiger partial charge in [0.15, 0.2) is 0 Å². The van der Waals surface area contributed by atoms with Crippen LogP contribution >= 0.6 is 0 Å². The normalized spacial score (nSPS) is 12.0. The molecule has 0 saturated heterocycles. The highest BCUT2D eigenvalue weighted by Gasteiger charge is 2.26. The fourth-order valence-electron chi connectivity index (χ4n) is 3.54. The van der Waals surface area contributed by atoms with E-state index in [-0.39, 0.29) is 0 Å². The van der Waals surface area contributed by atoms with Crippen molar-refractivity contribution in [3.63, 3.8) is 0 Å². The Morgan fingerprint density at radius 3 is 1.63 bits per heavy atom. The minimum absolute atomic E-state index is 0.492. The second kappa shape index (κ2) is 12.9. The van der Waals surface area contributed by atoms with Gasteiger partial charge in [-0.2, -0.15) is 0 Å². The maximum atomic E-state index is 8.25. The fraction of sp³-hybridized carbons (Fsp3) is 1.00. The topological polar surface area (TPSA) is 29.5 Å². The average Bonchev–Trinajstić information content (AvgIpc) is 2.39. The molecule has 1 N–H and O–H groups in total. The maximum absolute atomic E-state index is 8.25. The van der Waals surface area contributed by atoms with Gasteiger partial charge in [0.05, 0.1) is 6.61 Å². The highest BCUT2D eigenvalue weighted by Crippen LogP contribution is 2.40. The highest BCUT2D eigenvalue weighted by atomic mass is 17.1. The predicted octanol–water partition coefficient (Wildman–Crippen LogP) is 6.20. The molecule has 0 saturated carbocycles. The van der Waals surface area contributed by atoms with E-state index in [0.29, 0.717) is 12.0 Å². The third-order valence-corrected chi connectivity index (χ3v) is 4.28. The molecule has 0 unspecified atom stereocenters. The Balaban J connectivity index is 3.89. The summed E-state index contributed by atoms with van der Waals surface area (Å²) in [5, 5.41) is 8.25. The minimum Gasteiger partial charge on any atom is -0.252 e. The van der Waals surface area contributed by atoms with Gasteiger partial charge in [0.2, 0.25) is 0 Å². The van der Waals surface area contributed by atoms with Crippen molar-refractivity contribution in [2.45, 2.75) is 97.8 Å². The summed E-state index contributed by atoms with van der Waals surface area (Å²) in [5.74, 6) is 0. The van der Waals surface area contributed by atoms with Gasteiger partial charge in [0, 0.05) is 0 Å². The fourth-order valence-corrected chi connectivity index (χ4v) is 3.54. The Morgan fingerprint density at radius 1 is 0.684 bits per heavy atom. The predicted molar refractivity (Wildman–Crippen MR) is 83.4 cm³/mol. The highest BCUT2D eigenvalue weighted by molar-refractivity contribution is 4.78. The van der Waals surface area contributed by atoms with E-state index in [1.807, 2.05) is 0 Å². The summed E-state index contributed by atoms with van der Waals surface area (Å²) >= 11 is 0. The summed E-state index contributed by atoms with van der Waals surface area (Å²) in [4.78, 5) is 4.10. The summed E-state index contributed by atoms with van der Waals surface area (Å²) in [5.41, 5.74) is 0.631. The molecule has 2 heteroatoms. The average molecular weight is 272 g/mol. The van der Waals surface area contributed by atoms with Crippen molar-refractivity contribution in [1.82, 2.24) is 0 Å². The lowest BCUT2D eigenvalue weighted by molar-refractivity contribution is -0.242. The summed E-state index contributed by atoms with van der Waals surface area (Å²) in [6.07, 6.45) is 15.8. The van der Waals surface area contributed by atoms with Gasteiger partial charge >= 0.3 is 0 Å². The van der Waals surface area contributed by atoms with Gasteiger partial charge < -0.3 is 0 Å². The Hall–Kier alpha value is -0.0800. The largest absolute Gasteiger partial charge is 0.252 e. The first kappa shape index (κ1) is 18.9.